The average Bonchev–Trinajstić information content (AvgIpc) is 2.43. The Labute approximate surface area is 115 Å². The molecular weight excluding hydrogens is 238 g/mol. The van der Waals surface area contributed by atoms with Crippen molar-refractivity contribution in [3.8, 4) is 6.07 Å². The van der Waals surface area contributed by atoms with E-state index < -0.39 is 0 Å². The van der Waals surface area contributed by atoms with Gasteiger partial charge in [0, 0.05) is 25.7 Å². The number of hydrogen-bond donors (Lipinski definition) is 1. The molecule has 0 amide bonds. The molecule has 0 radical (unpaired) electrons. The lowest BCUT2D eigenvalue weighted by Crippen LogP contribution is -2.30. The van der Waals surface area contributed by atoms with Crippen LogP contribution < -0.4 is 10.2 Å². The van der Waals surface area contributed by atoms with Gasteiger partial charge in [0.05, 0.1) is 12.0 Å². The quantitative estimate of drug-likeness (QED) is 0.852. The minimum absolute atomic E-state index is 0.0204. The Bertz CT molecular complexity index is 450. The van der Waals surface area contributed by atoms with Crippen LogP contribution >= 0.6 is 0 Å². The van der Waals surface area contributed by atoms with E-state index in [0.29, 0.717) is 12.5 Å². The summed E-state index contributed by atoms with van der Waals surface area (Å²) in [5, 5.41) is 12.1. The summed E-state index contributed by atoms with van der Waals surface area (Å²) in [5.41, 5.74) is 1.11. The Balaban J connectivity index is 3.20. The molecule has 0 spiro atoms. The van der Waals surface area contributed by atoms with Gasteiger partial charge in [-0.1, -0.05) is 13.8 Å². The van der Waals surface area contributed by atoms with Crippen LogP contribution in [0, 0.1) is 17.2 Å². The van der Waals surface area contributed by atoms with Gasteiger partial charge in [-0.05, 0) is 19.8 Å². The molecule has 104 valence electrons. The smallest absolute Gasteiger partial charge is 0.137 e. The van der Waals surface area contributed by atoms with Crippen LogP contribution in [0.4, 0.5) is 11.6 Å². The molecule has 0 bridgehead atoms. The lowest BCUT2D eigenvalue weighted by atomic mass is 10.0. The molecule has 19 heavy (non-hydrogen) atoms. The number of aromatic nitrogens is 2. The molecule has 0 saturated carbocycles. The van der Waals surface area contributed by atoms with Crippen LogP contribution in [0.15, 0.2) is 6.33 Å². The van der Waals surface area contributed by atoms with Gasteiger partial charge in [-0.15, -0.1) is 0 Å². The zero-order chi connectivity index (χ0) is 14.4. The van der Waals surface area contributed by atoms with Crippen molar-refractivity contribution < 1.29 is 0 Å². The fourth-order valence-corrected chi connectivity index (χ4v) is 2.11. The minimum Gasteiger partial charge on any atom is -0.373 e. The third-order valence-electron chi connectivity index (χ3n) is 3.07. The van der Waals surface area contributed by atoms with E-state index in [2.05, 4.69) is 47.0 Å². The topological polar surface area (TPSA) is 64.8 Å². The highest BCUT2D eigenvalue weighted by atomic mass is 15.2. The molecule has 1 rings (SSSR count). The first-order chi connectivity index (χ1) is 9.04. The monoisotopic (exact) mass is 261 g/mol. The minimum atomic E-state index is -0.0204. The van der Waals surface area contributed by atoms with E-state index in [1.54, 1.807) is 6.33 Å². The zero-order valence-electron chi connectivity index (χ0n) is 12.4. The third kappa shape index (κ3) is 3.57. The van der Waals surface area contributed by atoms with Crippen LogP contribution in [0.25, 0.3) is 0 Å². The van der Waals surface area contributed by atoms with Crippen molar-refractivity contribution in [3.05, 3.63) is 11.9 Å². The summed E-state index contributed by atoms with van der Waals surface area (Å²) in [6.45, 7) is 9.78. The number of anilines is 2. The summed E-state index contributed by atoms with van der Waals surface area (Å²) in [6, 6.07) is 2.28. The maximum Gasteiger partial charge on any atom is 0.137 e. The van der Waals surface area contributed by atoms with Crippen molar-refractivity contribution >= 4 is 11.6 Å². The molecule has 0 aromatic carbocycles. The Kier molecular flexibility index (Phi) is 5.56. The van der Waals surface area contributed by atoms with Crippen molar-refractivity contribution in [2.45, 2.75) is 33.6 Å². The van der Waals surface area contributed by atoms with Crippen molar-refractivity contribution in [2.75, 3.05) is 30.4 Å². The summed E-state index contributed by atoms with van der Waals surface area (Å²) in [6.07, 6.45) is 1.58. The first-order valence-corrected chi connectivity index (χ1v) is 6.72. The van der Waals surface area contributed by atoms with E-state index in [4.69, 9.17) is 5.26 Å². The molecule has 0 aliphatic heterocycles. The number of rotatable bonds is 6. The van der Waals surface area contributed by atoms with Gasteiger partial charge in [-0.2, -0.15) is 5.26 Å². The number of nitriles is 1. The van der Waals surface area contributed by atoms with E-state index >= 15 is 0 Å². The van der Waals surface area contributed by atoms with Crippen molar-refractivity contribution in [1.29, 1.82) is 5.26 Å². The van der Waals surface area contributed by atoms with Crippen molar-refractivity contribution in [1.82, 2.24) is 9.97 Å². The van der Waals surface area contributed by atoms with Gasteiger partial charge in [0.25, 0.3) is 0 Å². The fourth-order valence-electron chi connectivity index (χ4n) is 2.11. The molecular formula is C14H23N5. The van der Waals surface area contributed by atoms with E-state index in [0.717, 1.165) is 23.7 Å². The van der Waals surface area contributed by atoms with Crippen LogP contribution in [0.2, 0.25) is 0 Å². The van der Waals surface area contributed by atoms with Gasteiger partial charge >= 0.3 is 0 Å². The molecule has 1 aromatic heterocycles. The highest BCUT2D eigenvalue weighted by Crippen LogP contribution is 2.30. The molecule has 0 saturated heterocycles. The summed E-state index contributed by atoms with van der Waals surface area (Å²) in [7, 11) is 1.87. The molecule has 0 aliphatic carbocycles. The highest BCUT2D eigenvalue weighted by Gasteiger charge is 2.19. The first-order valence-electron chi connectivity index (χ1n) is 6.72. The largest absolute Gasteiger partial charge is 0.373 e. The first kappa shape index (κ1) is 15.2. The Morgan fingerprint density at radius 3 is 2.53 bits per heavy atom. The molecule has 5 nitrogen and oxygen atoms in total. The molecule has 1 unspecified atom stereocenters. The van der Waals surface area contributed by atoms with Crippen LogP contribution in [0.1, 0.15) is 39.2 Å². The molecule has 0 aliphatic rings. The second-order valence-electron chi connectivity index (χ2n) is 4.93. The highest BCUT2D eigenvalue weighted by molar-refractivity contribution is 5.60. The van der Waals surface area contributed by atoms with Gasteiger partial charge in [-0.3, -0.25) is 0 Å². The van der Waals surface area contributed by atoms with Gasteiger partial charge in [0.2, 0.25) is 0 Å². The number of hydrogen-bond acceptors (Lipinski definition) is 5. The third-order valence-corrected chi connectivity index (χ3v) is 3.07. The van der Waals surface area contributed by atoms with Crippen LogP contribution in [0.3, 0.4) is 0 Å². The van der Waals surface area contributed by atoms with Gasteiger partial charge in [-0.25, -0.2) is 9.97 Å². The Morgan fingerprint density at radius 1 is 1.37 bits per heavy atom. The molecule has 1 atom stereocenters. The van der Waals surface area contributed by atoms with Crippen LogP contribution in [0.5, 0.6) is 0 Å². The molecule has 1 heterocycles. The average molecular weight is 261 g/mol. The van der Waals surface area contributed by atoms with E-state index in [1.807, 2.05) is 14.0 Å². The summed E-state index contributed by atoms with van der Waals surface area (Å²) in [4.78, 5) is 10.9. The number of nitrogens with zero attached hydrogens (tertiary/aromatic N) is 4. The lowest BCUT2D eigenvalue weighted by molar-refractivity contribution is 0.671. The SMILES string of the molecule is CCN(CC(C)C#N)c1ncnc(NC)c1C(C)C. The number of nitrogens with one attached hydrogen (secondary N) is 1. The fraction of sp³-hybridized carbons (Fsp3) is 0.643. The van der Waals surface area contributed by atoms with Gasteiger partial charge in [0.15, 0.2) is 0 Å². The second kappa shape index (κ2) is 6.93. The predicted octanol–water partition coefficient (Wildman–Crippen LogP) is 2.63. The molecule has 1 N–H and O–H groups in total. The molecule has 0 fully saturated rings. The zero-order valence-corrected chi connectivity index (χ0v) is 12.4. The summed E-state index contributed by atoms with van der Waals surface area (Å²) in [5.74, 6) is 2.10. The van der Waals surface area contributed by atoms with Crippen molar-refractivity contribution in [2.24, 2.45) is 5.92 Å². The van der Waals surface area contributed by atoms with Gasteiger partial charge < -0.3 is 10.2 Å². The summed E-state index contributed by atoms with van der Waals surface area (Å²) < 4.78 is 0. The van der Waals surface area contributed by atoms with Gasteiger partial charge in [0.1, 0.15) is 18.0 Å². The van der Waals surface area contributed by atoms with E-state index in [9.17, 15) is 0 Å². The van der Waals surface area contributed by atoms with Crippen molar-refractivity contribution in [3.63, 3.8) is 0 Å². The van der Waals surface area contributed by atoms with E-state index in [-0.39, 0.29) is 5.92 Å². The molecule has 5 heteroatoms. The maximum atomic E-state index is 8.98. The van der Waals surface area contributed by atoms with Crippen LogP contribution in [-0.2, 0) is 0 Å². The van der Waals surface area contributed by atoms with E-state index in [1.165, 1.54) is 0 Å². The Morgan fingerprint density at radius 2 is 2.05 bits per heavy atom. The van der Waals surface area contributed by atoms with Crippen LogP contribution in [-0.4, -0.2) is 30.1 Å². The Hall–Kier alpha value is -1.83. The predicted molar refractivity (Wildman–Crippen MR) is 78.3 cm³/mol. The molecule has 1 aromatic rings. The second-order valence-corrected chi connectivity index (χ2v) is 4.93. The standard InChI is InChI=1S/C14H23N5/c1-6-19(8-11(4)7-15)14-12(10(2)3)13(16-5)17-9-18-14/h9-11H,6,8H2,1-5H3,(H,16,17,18). The normalized spacial score (nSPS) is 12.1. The summed E-state index contributed by atoms with van der Waals surface area (Å²) >= 11 is 0. The maximum absolute atomic E-state index is 8.98. The lowest BCUT2D eigenvalue weighted by Gasteiger charge is -2.27.